The van der Waals surface area contributed by atoms with E-state index in [9.17, 15) is 0 Å². The topological polar surface area (TPSA) is 30.9 Å². The molecule has 0 radical (unpaired) electrons. The summed E-state index contributed by atoms with van der Waals surface area (Å²) in [6, 6.07) is 13.0. The molecule has 0 saturated heterocycles. The predicted molar refractivity (Wildman–Crippen MR) is 77.0 cm³/mol. The zero-order valence-electron chi connectivity index (χ0n) is 10.4. The average molecular weight is 258 g/mol. The first-order valence-corrected chi connectivity index (χ1v) is 7.33. The Morgan fingerprint density at radius 2 is 2.11 bits per heavy atom. The van der Waals surface area contributed by atoms with Crippen LogP contribution in [0.1, 0.15) is 11.3 Å². The summed E-state index contributed by atoms with van der Waals surface area (Å²) in [5.41, 5.74) is 8.50. The van der Waals surface area contributed by atoms with Gasteiger partial charge in [-0.1, -0.05) is 18.2 Å². The number of aromatic nitrogens is 1. The molecule has 2 heterocycles. The highest BCUT2D eigenvalue weighted by Gasteiger charge is 2.22. The molecule has 94 valence electrons. The molecule has 1 unspecified atom stereocenters. The summed E-state index contributed by atoms with van der Waals surface area (Å²) in [6.07, 6.45) is 4.33. The molecule has 0 spiro atoms. The van der Waals surface area contributed by atoms with Gasteiger partial charge in [0.05, 0.1) is 0 Å². The number of fused-ring (bicyclic) bond motifs is 1. The van der Waals surface area contributed by atoms with E-state index in [2.05, 4.69) is 47.2 Å². The summed E-state index contributed by atoms with van der Waals surface area (Å²) in [5, 5.41) is 0.659. The minimum Gasteiger partial charge on any atom is -0.350 e. The summed E-state index contributed by atoms with van der Waals surface area (Å²) in [6.45, 7) is 1.81. The van der Waals surface area contributed by atoms with Crippen LogP contribution < -0.4 is 5.73 Å². The fourth-order valence-electron chi connectivity index (χ4n) is 2.58. The molecule has 0 fully saturated rings. The fraction of sp³-hybridized carbons (Fsp3) is 0.333. The molecule has 2 nitrogen and oxygen atoms in total. The molecule has 3 rings (SSSR count). The molecule has 1 aromatic heterocycles. The van der Waals surface area contributed by atoms with Crippen LogP contribution in [0.3, 0.4) is 0 Å². The van der Waals surface area contributed by atoms with E-state index in [4.69, 9.17) is 5.73 Å². The molecular weight excluding hydrogens is 240 g/mol. The molecule has 0 saturated carbocycles. The smallest absolute Gasteiger partial charge is 0.0348 e. The monoisotopic (exact) mass is 258 g/mol. The predicted octanol–water partition coefficient (Wildman–Crippen LogP) is 2.71. The van der Waals surface area contributed by atoms with Crippen LogP contribution >= 0.6 is 11.8 Å². The fourth-order valence-corrected chi connectivity index (χ4v) is 3.89. The lowest BCUT2D eigenvalue weighted by molar-refractivity contribution is 0.636. The zero-order chi connectivity index (χ0) is 12.4. The van der Waals surface area contributed by atoms with Crippen LogP contribution in [-0.2, 0) is 19.4 Å². The van der Waals surface area contributed by atoms with E-state index in [1.165, 1.54) is 22.6 Å². The van der Waals surface area contributed by atoms with Gasteiger partial charge in [-0.2, -0.15) is 0 Å². The van der Waals surface area contributed by atoms with Crippen molar-refractivity contribution < 1.29 is 0 Å². The van der Waals surface area contributed by atoms with E-state index in [-0.39, 0.29) is 0 Å². The number of rotatable bonds is 4. The maximum absolute atomic E-state index is 5.65. The first-order valence-electron chi connectivity index (χ1n) is 6.45. The van der Waals surface area contributed by atoms with Crippen LogP contribution in [0, 0.1) is 0 Å². The van der Waals surface area contributed by atoms with Gasteiger partial charge >= 0.3 is 0 Å². The number of thioether (sulfide) groups is 1. The molecule has 2 N–H and O–H groups in total. The largest absolute Gasteiger partial charge is 0.350 e. The van der Waals surface area contributed by atoms with Crippen LogP contribution in [0.2, 0.25) is 0 Å². The maximum atomic E-state index is 5.65. The number of nitrogens with zero attached hydrogens (tertiary/aromatic N) is 1. The molecule has 3 heteroatoms. The van der Waals surface area contributed by atoms with Crippen molar-refractivity contribution in [1.82, 2.24) is 4.57 Å². The Morgan fingerprint density at radius 3 is 2.94 bits per heavy atom. The molecule has 1 aliphatic rings. The number of hydrogen-bond acceptors (Lipinski definition) is 2. The van der Waals surface area contributed by atoms with Gasteiger partial charge in [-0.25, -0.2) is 0 Å². The van der Waals surface area contributed by atoms with Crippen LogP contribution in [0.5, 0.6) is 0 Å². The molecule has 0 amide bonds. The van der Waals surface area contributed by atoms with Gasteiger partial charge in [0.25, 0.3) is 0 Å². The van der Waals surface area contributed by atoms with Crippen LogP contribution in [0.25, 0.3) is 0 Å². The third-order valence-electron chi connectivity index (χ3n) is 3.44. The minimum atomic E-state index is 0.659. The van der Waals surface area contributed by atoms with E-state index in [0.717, 1.165) is 19.5 Å². The standard InChI is InChI=1S/C15H18N2S/c16-8-7-13-5-3-9-17(13)11-14-10-12-4-1-2-6-15(12)18-14/h1-6,9,14H,7-8,10-11,16H2. The second-order valence-electron chi connectivity index (χ2n) is 4.74. The van der Waals surface area contributed by atoms with Gasteiger partial charge in [0.1, 0.15) is 0 Å². The van der Waals surface area contributed by atoms with Crippen molar-refractivity contribution in [1.29, 1.82) is 0 Å². The molecule has 2 aromatic rings. The van der Waals surface area contributed by atoms with Gasteiger partial charge in [-0.3, -0.25) is 0 Å². The Bertz CT molecular complexity index is 508. The molecule has 0 bridgehead atoms. The molecular formula is C15H18N2S. The lowest BCUT2D eigenvalue weighted by Gasteiger charge is -2.13. The Balaban J connectivity index is 1.70. The van der Waals surface area contributed by atoms with Crippen LogP contribution in [0.4, 0.5) is 0 Å². The Hall–Kier alpha value is -1.19. The SMILES string of the molecule is NCCc1cccn1CC1Cc2ccccc2S1. The van der Waals surface area contributed by atoms with E-state index >= 15 is 0 Å². The summed E-state index contributed by atoms with van der Waals surface area (Å²) < 4.78 is 2.36. The van der Waals surface area contributed by atoms with Crippen molar-refractivity contribution in [2.24, 2.45) is 5.73 Å². The third-order valence-corrected chi connectivity index (χ3v) is 4.74. The number of hydrogen-bond donors (Lipinski definition) is 1. The van der Waals surface area contributed by atoms with Crippen LogP contribution in [0.15, 0.2) is 47.5 Å². The quantitative estimate of drug-likeness (QED) is 0.914. The van der Waals surface area contributed by atoms with Crippen molar-refractivity contribution in [3.05, 3.63) is 53.9 Å². The average Bonchev–Trinajstić information content (AvgIpc) is 2.97. The van der Waals surface area contributed by atoms with Crippen molar-refractivity contribution in [3.8, 4) is 0 Å². The summed E-state index contributed by atoms with van der Waals surface area (Å²) >= 11 is 2.01. The molecule has 0 aliphatic carbocycles. The van der Waals surface area contributed by atoms with Crippen molar-refractivity contribution >= 4 is 11.8 Å². The Kier molecular flexibility index (Phi) is 3.43. The lowest BCUT2D eigenvalue weighted by Crippen LogP contribution is -2.15. The second kappa shape index (κ2) is 5.21. The summed E-state index contributed by atoms with van der Waals surface area (Å²) in [7, 11) is 0. The second-order valence-corrected chi connectivity index (χ2v) is 6.08. The van der Waals surface area contributed by atoms with Gasteiger partial charge in [0, 0.05) is 28.6 Å². The summed E-state index contributed by atoms with van der Waals surface area (Å²) in [5.74, 6) is 0. The van der Waals surface area contributed by atoms with Gasteiger partial charge < -0.3 is 10.3 Å². The van der Waals surface area contributed by atoms with E-state index < -0.39 is 0 Å². The third kappa shape index (κ3) is 2.33. The normalized spacial score (nSPS) is 17.9. The minimum absolute atomic E-state index is 0.659. The first kappa shape index (κ1) is 11.9. The van der Waals surface area contributed by atoms with Gasteiger partial charge in [-0.15, -0.1) is 11.8 Å². The van der Waals surface area contributed by atoms with Gasteiger partial charge in [0.15, 0.2) is 0 Å². The number of nitrogens with two attached hydrogens (primary N) is 1. The van der Waals surface area contributed by atoms with Crippen LogP contribution in [-0.4, -0.2) is 16.4 Å². The van der Waals surface area contributed by atoms with Crippen molar-refractivity contribution in [3.63, 3.8) is 0 Å². The van der Waals surface area contributed by atoms with E-state index in [1.54, 1.807) is 0 Å². The molecule has 1 aromatic carbocycles. The zero-order valence-corrected chi connectivity index (χ0v) is 11.2. The van der Waals surface area contributed by atoms with Gasteiger partial charge in [0.2, 0.25) is 0 Å². The van der Waals surface area contributed by atoms with Crippen molar-refractivity contribution in [2.45, 2.75) is 29.5 Å². The Labute approximate surface area is 112 Å². The van der Waals surface area contributed by atoms with E-state index in [0.29, 0.717) is 5.25 Å². The van der Waals surface area contributed by atoms with E-state index in [1.807, 2.05) is 11.8 Å². The van der Waals surface area contributed by atoms with Gasteiger partial charge in [-0.05, 0) is 43.1 Å². The molecule has 1 aliphatic heterocycles. The highest BCUT2D eigenvalue weighted by Crippen LogP contribution is 2.37. The molecule has 18 heavy (non-hydrogen) atoms. The highest BCUT2D eigenvalue weighted by molar-refractivity contribution is 8.00. The number of benzene rings is 1. The lowest BCUT2D eigenvalue weighted by atomic mass is 10.1. The molecule has 1 atom stereocenters. The highest BCUT2D eigenvalue weighted by atomic mass is 32.2. The summed E-state index contributed by atoms with van der Waals surface area (Å²) in [4.78, 5) is 1.45. The maximum Gasteiger partial charge on any atom is 0.0348 e. The first-order chi connectivity index (χ1) is 8.86. The Morgan fingerprint density at radius 1 is 1.22 bits per heavy atom. The van der Waals surface area contributed by atoms with Crippen molar-refractivity contribution in [2.75, 3.05) is 6.54 Å².